The lowest BCUT2D eigenvalue weighted by atomic mass is 9.92. The van der Waals surface area contributed by atoms with Crippen LogP contribution in [0.15, 0.2) is 11.4 Å². The molecule has 0 spiro atoms. The highest BCUT2D eigenvalue weighted by atomic mass is 32.1. The van der Waals surface area contributed by atoms with Gasteiger partial charge in [0, 0.05) is 0 Å². The van der Waals surface area contributed by atoms with Crippen molar-refractivity contribution in [3.63, 3.8) is 0 Å². The Bertz CT molecular complexity index is 402. The van der Waals surface area contributed by atoms with Crippen LogP contribution in [-0.2, 0) is 0 Å². The smallest absolute Gasteiger partial charge is 0.192 e. The molecule has 17 heavy (non-hydrogen) atoms. The number of carbonyl (C=O) groups is 1. The highest BCUT2D eigenvalue weighted by molar-refractivity contribution is 7.12. The minimum atomic E-state index is -0.351. The molecule has 0 bridgehead atoms. The third kappa shape index (κ3) is 2.45. The van der Waals surface area contributed by atoms with E-state index in [1.165, 1.54) is 19.3 Å². The van der Waals surface area contributed by atoms with Crippen molar-refractivity contribution < 1.29 is 4.79 Å². The fourth-order valence-corrected chi connectivity index (χ4v) is 3.50. The number of Topliss-reactive ketones (excluding diaryl/α,β-unsaturated/α-hetero) is 1. The van der Waals surface area contributed by atoms with Crippen LogP contribution < -0.4 is 0 Å². The fourth-order valence-electron chi connectivity index (χ4n) is 2.48. The van der Waals surface area contributed by atoms with E-state index in [0.717, 1.165) is 23.5 Å². The fraction of sp³-hybridized carbons (Fsp3) is 0.643. The average Bonchev–Trinajstić information content (AvgIpc) is 2.75. The molecule has 0 saturated carbocycles. The Labute approximate surface area is 108 Å². The standard InChI is InChI=1S/C14H21NOS/c1-11-7-10-17-12(11)13(16)14(2,3)15-8-5-4-6-9-15/h7,10H,4-6,8-9H2,1-3H3. The highest BCUT2D eigenvalue weighted by Gasteiger charge is 2.36. The predicted molar refractivity (Wildman–Crippen MR) is 72.9 cm³/mol. The monoisotopic (exact) mass is 251 g/mol. The summed E-state index contributed by atoms with van der Waals surface area (Å²) in [5, 5.41) is 2.01. The van der Waals surface area contributed by atoms with Crippen molar-refractivity contribution in [1.29, 1.82) is 0 Å². The topological polar surface area (TPSA) is 20.3 Å². The first kappa shape index (κ1) is 12.8. The van der Waals surface area contributed by atoms with Gasteiger partial charge in [-0.15, -0.1) is 11.3 Å². The quantitative estimate of drug-likeness (QED) is 0.766. The summed E-state index contributed by atoms with van der Waals surface area (Å²) in [6.45, 7) is 8.28. The van der Waals surface area contributed by atoms with Gasteiger partial charge in [-0.25, -0.2) is 0 Å². The van der Waals surface area contributed by atoms with Gasteiger partial charge < -0.3 is 0 Å². The number of hydrogen-bond acceptors (Lipinski definition) is 3. The Morgan fingerprint density at radius 1 is 1.29 bits per heavy atom. The van der Waals surface area contributed by atoms with Crippen molar-refractivity contribution in [2.45, 2.75) is 45.6 Å². The van der Waals surface area contributed by atoms with E-state index in [1.807, 2.05) is 18.4 Å². The van der Waals surface area contributed by atoms with Gasteiger partial charge in [0.15, 0.2) is 5.78 Å². The van der Waals surface area contributed by atoms with E-state index in [-0.39, 0.29) is 11.3 Å². The van der Waals surface area contributed by atoms with Crippen molar-refractivity contribution in [3.8, 4) is 0 Å². The molecule has 2 heterocycles. The zero-order chi connectivity index (χ0) is 12.5. The predicted octanol–water partition coefficient (Wildman–Crippen LogP) is 3.50. The van der Waals surface area contributed by atoms with Crippen molar-refractivity contribution in [1.82, 2.24) is 4.90 Å². The third-order valence-corrected chi connectivity index (χ3v) is 4.79. The summed E-state index contributed by atoms with van der Waals surface area (Å²) in [4.78, 5) is 15.9. The largest absolute Gasteiger partial charge is 0.291 e. The van der Waals surface area contributed by atoms with Crippen LogP contribution >= 0.6 is 11.3 Å². The van der Waals surface area contributed by atoms with Gasteiger partial charge in [-0.3, -0.25) is 9.69 Å². The molecule has 1 fully saturated rings. The second-order valence-electron chi connectivity index (χ2n) is 5.37. The van der Waals surface area contributed by atoms with Crippen molar-refractivity contribution in [2.24, 2.45) is 0 Å². The molecule has 2 rings (SSSR count). The Kier molecular flexibility index (Phi) is 3.69. The molecule has 2 nitrogen and oxygen atoms in total. The maximum Gasteiger partial charge on any atom is 0.192 e. The lowest BCUT2D eigenvalue weighted by Crippen LogP contribution is -2.52. The van der Waals surface area contributed by atoms with Gasteiger partial charge in [-0.1, -0.05) is 6.42 Å². The minimum Gasteiger partial charge on any atom is -0.291 e. The van der Waals surface area contributed by atoms with Gasteiger partial charge in [-0.05, 0) is 63.7 Å². The molecule has 94 valence electrons. The number of aryl methyl sites for hydroxylation is 1. The average molecular weight is 251 g/mol. The number of hydrogen-bond donors (Lipinski definition) is 0. The van der Waals surface area contributed by atoms with Crippen LogP contribution in [0.4, 0.5) is 0 Å². The maximum absolute atomic E-state index is 12.6. The van der Waals surface area contributed by atoms with Crippen molar-refractivity contribution in [2.75, 3.05) is 13.1 Å². The summed E-state index contributed by atoms with van der Waals surface area (Å²) < 4.78 is 0. The Balaban J connectivity index is 2.19. The third-order valence-electron chi connectivity index (χ3n) is 3.77. The molecule has 0 unspecified atom stereocenters. The lowest BCUT2D eigenvalue weighted by molar-refractivity contribution is 0.0583. The molecule has 3 heteroatoms. The summed E-state index contributed by atoms with van der Waals surface area (Å²) in [5.74, 6) is 0.284. The first-order valence-electron chi connectivity index (χ1n) is 6.37. The van der Waals surface area contributed by atoms with E-state index >= 15 is 0 Å². The van der Waals surface area contributed by atoms with E-state index < -0.39 is 0 Å². The molecule has 0 aliphatic carbocycles. The highest BCUT2D eigenvalue weighted by Crippen LogP contribution is 2.28. The Morgan fingerprint density at radius 2 is 1.94 bits per heavy atom. The van der Waals surface area contributed by atoms with Crippen LogP contribution in [0.3, 0.4) is 0 Å². The molecule has 1 aromatic rings. The summed E-state index contributed by atoms with van der Waals surface area (Å²) in [6.07, 6.45) is 3.75. The number of likely N-dealkylation sites (tertiary alicyclic amines) is 1. The normalized spacial score (nSPS) is 18.3. The molecule has 0 amide bonds. The second-order valence-corrected chi connectivity index (χ2v) is 6.28. The molecule has 0 radical (unpaired) electrons. The van der Waals surface area contributed by atoms with Gasteiger partial charge >= 0.3 is 0 Å². The second kappa shape index (κ2) is 4.91. The van der Waals surface area contributed by atoms with Gasteiger partial charge in [0.1, 0.15) is 0 Å². The van der Waals surface area contributed by atoms with E-state index in [0.29, 0.717) is 0 Å². The first-order chi connectivity index (χ1) is 8.03. The molecular weight excluding hydrogens is 230 g/mol. The van der Waals surface area contributed by atoms with Crippen LogP contribution in [-0.4, -0.2) is 29.3 Å². The number of thiophene rings is 1. The van der Waals surface area contributed by atoms with Crippen LogP contribution in [0, 0.1) is 6.92 Å². The van der Waals surface area contributed by atoms with Crippen LogP contribution in [0.1, 0.15) is 48.3 Å². The minimum absolute atomic E-state index is 0.284. The summed E-state index contributed by atoms with van der Waals surface area (Å²) in [7, 11) is 0. The van der Waals surface area contributed by atoms with E-state index in [2.05, 4.69) is 18.7 Å². The first-order valence-corrected chi connectivity index (χ1v) is 7.25. The van der Waals surface area contributed by atoms with Crippen molar-refractivity contribution >= 4 is 17.1 Å². The number of piperidine rings is 1. The van der Waals surface area contributed by atoms with Gasteiger partial charge in [0.2, 0.25) is 0 Å². The summed E-state index contributed by atoms with van der Waals surface area (Å²) in [5.41, 5.74) is 0.765. The Hall–Kier alpha value is -0.670. The molecule has 0 aromatic carbocycles. The van der Waals surface area contributed by atoms with E-state index in [1.54, 1.807) is 11.3 Å². The number of nitrogens with zero attached hydrogens (tertiary/aromatic N) is 1. The Morgan fingerprint density at radius 3 is 2.47 bits per heavy atom. The molecule has 1 aromatic heterocycles. The zero-order valence-corrected chi connectivity index (χ0v) is 11.8. The van der Waals surface area contributed by atoms with Gasteiger partial charge in [0.25, 0.3) is 0 Å². The maximum atomic E-state index is 12.6. The zero-order valence-electron chi connectivity index (χ0n) is 11.0. The number of carbonyl (C=O) groups excluding carboxylic acids is 1. The van der Waals surface area contributed by atoms with Gasteiger partial charge in [0.05, 0.1) is 10.4 Å². The van der Waals surface area contributed by atoms with E-state index in [9.17, 15) is 4.79 Å². The number of rotatable bonds is 3. The molecule has 1 aliphatic heterocycles. The van der Waals surface area contributed by atoms with E-state index in [4.69, 9.17) is 0 Å². The summed E-state index contributed by atoms with van der Waals surface area (Å²) >= 11 is 1.57. The van der Waals surface area contributed by atoms with Gasteiger partial charge in [-0.2, -0.15) is 0 Å². The van der Waals surface area contributed by atoms with Crippen LogP contribution in [0.2, 0.25) is 0 Å². The molecule has 0 N–H and O–H groups in total. The SMILES string of the molecule is Cc1ccsc1C(=O)C(C)(C)N1CCCCC1. The lowest BCUT2D eigenvalue weighted by Gasteiger charge is -2.39. The van der Waals surface area contributed by atoms with Crippen LogP contribution in [0.5, 0.6) is 0 Å². The summed E-state index contributed by atoms with van der Waals surface area (Å²) in [6, 6.07) is 2.03. The number of ketones is 1. The van der Waals surface area contributed by atoms with Crippen LogP contribution in [0.25, 0.3) is 0 Å². The molecule has 1 saturated heterocycles. The molecule has 1 aliphatic rings. The molecule has 0 atom stereocenters. The van der Waals surface area contributed by atoms with Crippen molar-refractivity contribution in [3.05, 3.63) is 21.9 Å². The molecular formula is C14H21NOS.